The standard InChI is InChI=1S/C16H29NO2/c1-2-17-15(14-6-5-10-18-14)13-7-11-19-16(12-13)8-3-4-9-16/h13-15,17H,2-12H2,1H3. The summed E-state index contributed by atoms with van der Waals surface area (Å²) in [4.78, 5) is 0. The average molecular weight is 267 g/mol. The van der Waals surface area contributed by atoms with Gasteiger partial charge >= 0.3 is 0 Å². The van der Waals surface area contributed by atoms with Crippen LogP contribution in [0.3, 0.4) is 0 Å². The largest absolute Gasteiger partial charge is 0.377 e. The minimum Gasteiger partial charge on any atom is -0.377 e. The Balaban J connectivity index is 1.66. The van der Waals surface area contributed by atoms with Gasteiger partial charge in [0.2, 0.25) is 0 Å². The van der Waals surface area contributed by atoms with Crippen LogP contribution in [0.25, 0.3) is 0 Å². The second kappa shape index (κ2) is 6.11. The molecular weight excluding hydrogens is 238 g/mol. The van der Waals surface area contributed by atoms with Gasteiger partial charge in [-0.25, -0.2) is 0 Å². The van der Waals surface area contributed by atoms with Gasteiger partial charge in [-0.1, -0.05) is 19.8 Å². The maximum atomic E-state index is 6.18. The Kier molecular flexibility index (Phi) is 4.45. The van der Waals surface area contributed by atoms with Crippen LogP contribution in [0, 0.1) is 5.92 Å². The lowest BCUT2D eigenvalue weighted by molar-refractivity contribution is -0.105. The molecule has 3 rings (SSSR count). The van der Waals surface area contributed by atoms with Crippen molar-refractivity contribution in [3.63, 3.8) is 0 Å². The topological polar surface area (TPSA) is 30.5 Å². The molecule has 1 saturated carbocycles. The predicted molar refractivity (Wildman–Crippen MR) is 76.3 cm³/mol. The Morgan fingerprint density at radius 3 is 2.68 bits per heavy atom. The number of rotatable bonds is 4. The van der Waals surface area contributed by atoms with Crippen molar-refractivity contribution in [3.8, 4) is 0 Å². The molecule has 0 aromatic heterocycles. The summed E-state index contributed by atoms with van der Waals surface area (Å²) in [5.41, 5.74) is 0.231. The lowest BCUT2D eigenvalue weighted by Gasteiger charge is -2.43. The van der Waals surface area contributed by atoms with E-state index in [0.717, 1.165) is 25.7 Å². The van der Waals surface area contributed by atoms with Crippen molar-refractivity contribution in [2.45, 2.75) is 76.0 Å². The average Bonchev–Trinajstić information content (AvgIpc) is 3.08. The van der Waals surface area contributed by atoms with Gasteiger partial charge in [0.25, 0.3) is 0 Å². The van der Waals surface area contributed by atoms with Gasteiger partial charge in [-0.15, -0.1) is 0 Å². The maximum absolute atomic E-state index is 6.18. The van der Waals surface area contributed by atoms with Crippen LogP contribution in [0.2, 0.25) is 0 Å². The van der Waals surface area contributed by atoms with Gasteiger partial charge in [0.15, 0.2) is 0 Å². The molecule has 3 nitrogen and oxygen atoms in total. The maximum Gasteiger partial charge on any atom is 0.0731 e. The first kappa shape index (κ1) is 13.8. The van der Waals surface area contributed by atoms with E-state index in [0.29, 0.717) is 12.1 Å². The molecule has 19 heavy (non-hydrogen) atoms. The zero-order chi connectivity index (χ0) is 13.1. The molecule has 3 heteroatoms. The summed E-state index contributed by atoms with van der Waals surface area (Å²) >= 11 is 0. The minimum atomic E-state index is 0.231. The highest BCUT2D eigenvalue weighted by Gasteiger charge is 2.43. The van der Waals surface area contributed by atoms with Gasteiger partial charge in [0.1, 0.15) is 0 Å². The molecule has 3 atom stereocenters. The Hall–Kier alpha value is -0.120. The fourth-order valence-corrected chi connectivity index (χ4v) is 4.46. The molecule has 2 heterocycles. The van der Waals surface area contributed by atoms with Gasteiger partial charge in [-0.2, -0.15) is 0 Å². The summed E-state index contributed by atoms with van der Waals surface area (Å²) in [5.74, 6) is 0.745. The molecule has 110 valence electrons. The minimum absolute atomic E-state index is 0.231. The second-order valence-corrected chi connectivity index (χ2v) is 6.63. The second-order valence-electron chi connectivity index (χ2n) is 6.63. The quantitative estimate of drug-likeness (QED) is 0.849. The molecule has 0 bridgehead atoms. The summed E-state index contributed by atoms with van der Waals surface area (Å²) in [6, 6.07) is 0.550. The third-order valence-corrected chi connectivity index (χ3v) is 5.36. The first-order valence-corrected chi connectivity index (χ1v) is 8.32. The third-order valence-electron chi connectivity index (χ3n) is 5.36. The summed E-state index contributed by atoms with van der Waals surface area (Å²) in [6.45, 7) is 5.18. The molecule has 0 radical (unpaired) electrons. The highest BCUT2D eigenvalue weighted by atomic mass is 16.5. The molecule has 2 saturated heterocycles. The number of hydrogen-bond donors (Lipinski definition) is 1. The Bertz CT molecular complexity index is 282. The Morgan fingerprint density at radius 1 is 1.16 bits per heavy atom. The van der Waals surface area contributed by atoms with E-state index in [1.165, 1.54) is 51.4 Å². The number of nitrogens with one attached hydrogen (secondary N) is 1. The summed E-state index contributed by atoms with van der Waals surface area (Å²) in [5, 5.41) is 3.72. The van der Waals surface area contributed by atoms with Gasteiger partial charge in [-0.05, 0) is 51.0 Å². The molecule has 0 aromatic carbocycles. The van der Waals surface area contributed by atoms with Crippen LogP contribution in [-0.4, -0.2) is 37.5 Å². The Morgan fingerprint density at radius 2 is 2.00 bits per heavy atom. The highest BCUT2D eigenvalue weighted by molar-refractivity contribution is 4.96. The van der Waals surface area contributed by atoms with Gasteiger partial charge < -0.3 is 14.8 Å². The van der Waals surface area contributed by atoms with Crippen molar-refractivity contribution in [3.05, 3.63) is 0 Å². The highest BCUT2D eigenvalue weighted by Crippen LogP contribution is 2.43. The zero-order valence-corrected chi connectivity index (χ0v) is 12.3. The van der Waals surface area contributed by atoms with E-state index >= 15 is 0 Å². The number of hydrogen-bond acceptors (Lipinski definition) is 3. The van der Waals surface area contributed by atoms with Crippen LogP contribution in [-0.2, 0) is 9.47 Å². The molecule has 1 aliphatic carbocycles. The van der Waals surface area contributed by atoms with Gasteiger partial charge in [0.05, 0.1) is 11.7 Å². The van der Waals surface area contributed by atoms with Crippen LogP contribution in [0.4, 0.5) is 0 Å². The van der Waals surface area contributed by atoms with Gasteiger partial charge in [-0.3, -0.25) is 0 Å². The lowest BCUT2D eigenvalue weighted by Crippen LogP contribution is -2.50. The molecular formula is C16H29NO2. The molecule has 1 spiro atoms. The molecule has 3 unspecified atom stereocenters. The van der Waals surface area contributed by atoms with Crippen molar-refractivity contribution in [1.82, 2.24) is 5.32 Å². The number of ether oxygens (including phenoxy) is 2. The molecule has 2 aliphatic heterocycles. The first-order chi connectivity index (χ1) is 9.33. The van der Waals surface area contributed by atoms with Crippen molar-refractivity contribution >= 4 is 0 Å². The fraction of sp³-hybridized carbons (Fsp3) is 1.00. The van der Waals surface area contributed by atoms with Crippen LogP contribution in [0.15, 0.2) is 0 Å². The summed E-state index contributed by atoms with van der Waals surface area (Å²) in [6.07, 6.45) is 10.7. The van der Waals surface area contributed by atoms with Crippen LogP contribution < -0.4 is 5.32 Å². The van der Waals surface area contributed by atoms with Crippen LogP contribution >= 0.6 is 0 Å². The van der Waals surface area contributed by atoms with E-state index in [1.807, 2.05) is 0 Å². The van der Waals surface area contributed by atoms with E-state index < -0.39 is 0 Å². The monoisotopic (exact) mass is 267 g/mol. The van der Waals surface area contributed by atoms with Gasteiger partial charge in [0, 0.05) is 19.3 Å². The van der Waals surface area contributed by atoms with Crippen molar-refractivity contribution in [2.24, 2.45) is 5.92 Å². The third kappa shape index (κ3) is 2.98. The molecule has 0 aromatic rings. The van der Waals surface area contributed by atoms with E-state index in [2.05, 4.69) is 12.2 Å². The molecule has 3 aliphatic rings. The van der Waals surface area contributed by atoms with Crippen LogP contribution in [0.5, 0.6) is 0 Å². The fourth-order valence-electron chi connectivity index (χ4n) is 4.46. The smallest absolute Gasteiger partial charge is 0.0731 e. The SMILES string of the molecule is CCNC(C1CCOC2(CCCC2)C1)C1CCCO1. The summed E-state index contributed by atoms with van der Waals surface area (Å²) < 4.78 is 12.1. The first-order valence-electron chi connectivity index (χ1n) is 8.32. The van der Waals surface area contributed by atoms with Crippen molar-refractivity contribution < 1.29 is 9.47 Å². The van der Waals surface area contributed by atoms with E-state index in [9.17, 15) is 0 Å². The molecule has 1 N–H and O–H groups in total. The predicted octanol–water partition coefficient (Wildman–Crippen LogP) is 2.88. The van der Waals surface area contributed by atoms with Crippen LogP contribution in [0.1, 0.15) is 58.3 Å². The van der Waals surface area contributed by atoms with Crippen molar-refractivity contribution in [1.29, 1.82) is 0 Å². The van der Waals surface area contributed by atoms with E-state index in [4.69, 9.17) is 9.47 Å². The van der Waals surface area contributed by atoms with E-state index in [1.54, 1.807) is 0 Å². The van der Waals surface area contributed by atoms with Crippen molar-refractivity contribution in [2.75, 3.05) is 19.8 Å². The molecule has 0 amide bonds. The number of likely N-dealkylation sites (N-methyl/N-ethyl adjacent to an activating group) is 1. The normalized spacial score (nSPS) is 35.8. The zero-order valence-electron chi connectivity index (χ0n) is 12.3. The Labute approximate surface area is 117 Å². The van der Waals surface area contributed by atoms with E-state index in [-0.39, 0.29) is 5.60 Å². The molecule has 3 fully saturated rings. The summed E-state index contributed by atoms with van der Waals surface area (Å²) in [7, 11) is 0. The lowest BCUT2D eigenvalue weighted by atomic mass is 9.78.